The zero-order chi connectivity index (χ0) is 26.5. The Balaban J connectivity index is 1.54. The highest BCUT2D eigenvalue weighted by atomic mass is 79.9. The third-order valence-corrected chi connectivity index (χ3v) is 7.19. The molecule has 1 fully saturated rings. The van der Waals surface area contributed by atoms with Gasteiger partial charge in [0.15, 0.2) is 11.5 Å². The quantitative estimate of drug-likeness (QED) is 0.145. The van der Waals surface area contributed by atoms with Gasteiger partial charge in [-0.2, -0.15) is 0 Å². The number of thioether (sulfide) groups is 1. The molecule has 190 valence electrons. The SMILES string of the molecule is CCOc1cc(/C=C2/SC(=O)N(Cc3ccc([N+](=O)[O-])cc3)C2=O)cc(Br)c1OCc1ccccc1Cl. The molecule has 3 aromatic carbocycles. The number of halogens is 2. The van der Waals surface area contributed by atoms with Crippen molar-refractivity contribution in [3.8, 4) is 11.5 Å². The molecular weight excluding hydrogens is 584 g/mol. The molecule has 1 saturated heterocycles. The molecule has 1 heterocycles. The molecule has 0 bridgehead atoms. The van der Waals surface area contributed by atoms with Gasteiger partial charge in [-0.25, -0.2) is 0 Å². The first kappa shape index (κ1) is 26.7. The van der Waals surface area contributed by atoms with E-state index in [1.54, 1.807) is 24.3 Å². The van der Waals surface area contributed by atoms with E-state index in [-0.39, 0.29) is 23.7 Å². The van der Waals surface area contributed by atoms with Crippen molar-refractivity contribution in [3.05, 3.63) is 102 Å². The Hall–Kier alpha value is -3.34. The summed E-state index contributed by atoms with van der Waals surface area (Å²) < 4.78 is 12.4. The molecule has 0 aliphatic carbocycles. The van der Waals surface area contributed by atoms with E-state index in [1.807, 2.05) is 25.1 Å². The van der Waals surface area contributed by atoms with Gasteiger partial charge in [0.05, 0.1) is 27.5 Å². The number of carbonyl (C=O) groups is 2. The maximum atomic E-state index is 13.0. The monoisotopic (exact) mass is 602 g/mol. The van der Waals surface area contributed by atoms with E-state index in [4.69, 9.17) is 21.1 Å². The summed E-state index contributed by atoms with van der Waals surface area (Å²) in [5.74, 6) is 0.520. The number of nitro benzene ring substituents is 1. The standard InChI is InChI=1S/C26H20BrClN2O6S/c1-2-35-22-12-17(11-20(27)24(22)36-15-18-5-3-4-6-21(18)28)13-23-25(31)29(26(32)37-23)14-16-7-9-19(10-8-16)30(33)34/h3-13H,2,14-15H2,1H3/b23-13+. The Bertz CT molecular complexity index is 1400. The number of rotatable bonds is 9. The van der Waals surface area contributed by atoms with E-state index in [0.717, 1.165) is 22.2 Å². The van der Waals surface area contributed by atoms with E-state index < -0.39 is 16.1 Å². The summed E-state index contributed by atoms with van der Waals surface area (Å²) in [6, 6.07) is 16.6. The van der Waals surface area contributed by atoms with Crippen molar-refractivity contribution in [2.24, 2.45) is 0 Å². The second-order valence-electron chi connectivity index (χ2n) is 7.83. The second kappa shape index (κ2) is 11.8. The number of benzene rings is 3. The minimum absolute atomic E-state index is 0.0166. The molecule has 3 aromatic rings. The first-order valence-electron chi connectivity index (χ1n) is 11.1. The van der Waals surface area contributed by atoms with Crippen molar-refractivity contribution in [3.63, 3.8) is 0 Å². The molecule has 0 spiro atoms. The number of carbonyl (C=O) groups excluding carboxylic acids is 2. The van der Waals surface area contributed by atoms with Crippen LogP contribution >= 0.6 is 39.3 Å². The van der Waals surface area contributed by atoms with Gasteiger partial charge in [-0.1, -0.05) is 41.9 Å². The maximum Gasteiger partial charge on any atom is 0.293 e. The Morgan fingerprint density at radius 3 is 2.51 bits per heavy atom. The molecule has 0 unspecified atom stereocenters. The molecule has 2 amide bonds. The number of nitro groups is 1. The van der Waals surface area contributed by atoms with E-state index in [1.165, 1.54) is 24.3 Å². The largest absolute Gasteiger partial charge is 0.490 e. The second-order valence-corrected chi connectivity index (χ2v) is 10.1. The summed E-state index contributed by atoms with van der Waals surface area (Å²) in [5.41, 5.74) is 2.01. The minimum atomic E-state index is -0.506. The number of nitrogens with zero attached hydrogens (tertiary/aromatic N) is 2. The Kier molecular flexibility index (Phi) is 8.52. The normalized spacial score (nSPS) is 14.4. The molecule has 0 N–H and O–H groups in total. The van der Waals surface area contributed by atoms with Crippen LogP contribution in [-0.2, 0) is 17.9 Å². The topological polar surface area (TPSA) is 99.0 Å². The summed E-state index contributed by atoms with van der Waals surface area (Å²) in [7, 11) is 0. The van der Waals surface area contributed by atoms with Gasteiger partial charge in [-0.15, -0.1) is 0 Å². The smallest absolute Gasteiger partial charge is 0.293 e. The molecule has 11 heteroatoms. The van der Waals surface area contributed by atoms with Crippen LogP contribution in [0.4, 0.5) is 10.5 Å². The lowest BCUT2D eigenvalue weighted by atomic mass is 10.1. The molecule has 1 aliphatic heterocycles. The first-order valence-corrected chi connectivity index (χ1v) is 13.1. The van der Waals surface area contributed by atoms with Crippen LogP contribution in [0.1, 0.15) is 23.6 Å². The van der Waals surface area contributed by atoms with Crippen LogP contribution in [0.5, 0.6) is 11.5 Å². The number of hydrogen-bond acceptors (Lipinski definition) is 7. The first-order chi connectivity index (χ1) is 17.8. The van der Waals surface area contributed by atoms with Gasteiger partial charge in [-0.05, 0) is 70.0 Å². The van der Waals surface area contributed by atoms with E-state index in [9.17, 15) is 19.7 Å². The van der Waals surface area contributed by atoms with Crippen molar-refractivity contribution in [1.29, 1.82) is 0 Å². The summed E-state index contributed by atoms with van der Waals surface area (Å²) in [6.45, 7) is 2.49. The highest BCUT2D eigenvalue weighted by Crippen LogP contribution is 2.40. The summed E-state index contributed by atoms with van der Waals surface area (Å²) in [4.78, 5) is 37.2. The van der Waals surface area contributed by atoms with Crippen LogP contribution in [0.25, 0.3) is 6.08 Å². The fourth-order valence-corrected chi connectivity index (χ4v) is 5.14. The van der Waals surface area contributed by atoms with Gasteiger partial charge in [0.25, 0.3) is 16.8 Å². The third kappa shape index (κ3) is 6.33. The molecule has 0 radical (unpaired) electrons. The van der Waals surface area contributed by atoms with Gasteiger partial charge < -0.3 is 9.47 Å². The Labute approximate surface area is 230 Å². The van der Waals surface area contributed by atoms with Crippen LogP contribution in [0, 0.1) is 10.1 Å². The Morgan fingerprint density at radius 1 is 1.11 bits per heavy atom. The number of ether oxygens (including phenoxy) is 2. The van der Waals surface area contributed by atoms with Crippen molar-refractivity contribution >= 4 is 62.2 Å². The predicted molar refractivity (Wildman–Crippen MR) is 146 cm³/mol. The van der Waals surface area contributed by atoms with Crippen LogP contribution in [0.15, 0.2) is 70.0 Å². The lowest BCUT2D eigenvalue weighted by Crippen LogP contribution is -2.27. The molecule has 1 aliphatic rings. The van der Waals surface area contributed by atoms with Crippen LogP contribution in [0.2, 0.25) is 5.02 Å². The highest BCUT2D eigenvalue weighted by molar-refractivity contribution is 9.10. The fourth-order valence-electron chi connectivity index (χ4n) is 3.53. The van der Waals surface area contributed by atoms with Crippen molar-refractivity contribution in [2.45, 2.75) is 20.1 Å². The van der Waals surface area contributed by atoms with Gasteiger partial charge in [0, 0.05) is 22.7 Å². The molecule has 8 nitrogen and oxygen atoms in total. The molecule has 0 saturated carbocycles. The number of non-ortho nitro benzene ring substituents is 1. The Morgan fingerprint density at radius 2 is 1.84 bits per heavy atom. The number of hydrogen-bond donors (Lipinski definition) is 0. The van der Waals surface area contributed by atoms with Crippen LogP contribution in [0.3, 0.4) is 0 Å². The average Bonchev–Trinajstić information content (AvgIpc) is 3.12. The van der Waals surface area contributed by atoms with Crippen LogP contribution < -0.4 is 9.47 Å². The van der Waals surface area contributed by atoms with Gasteiger partial charge in [0.1, 0.15) is 6.61 Å². The minimum Gasteiger partial charge on any atom is -0.490 e. The molecule has 0 atom stereocenters. The molecule has 0 aromatic heterocycles. The predicted octanol–water partition coefficient (Wildman–Crippen LogP) is 7.22. The fraction of sp³-hybridized carbons (Fsp3) is 0.154. The highest BCUT2D eigenvalue weighted by Gasteiger charge is 2.35. The van der Waals surface area contributed by atoms with Crippen molar-refractivity contribution < 1.29 is 24.0 Å². The van der Waals surface area contributed by atoms with Crippen molar-refractivity contribution in [1.82, 2.24) is 4.90 Å². The average molecular weight is 604 g/mol. The zero-order valence-electron chi connectivity index (χ0n) is 19.5. The van der Waals surface area contributed by atoms with E-state index in [2.05, 4.69) is 15.9 Å². The lowest BCUT2D eigenvalue weighted by molar-refractivity contribution is -0.384. The van der Waals surface area contributed by atoms with E-state index >= 15 is 0 Å². The van der Waals surface area contributed by atoms with Crippen molar-refractivity contribution in [2.75, 3.05) is 6.61 Å². The molecule has 37 heavy (non-hydrogen) atoms. The summed E-state index contributed by atoms with van der Waals surface area (Å²) in [6.07, 6.45) is 1.62. The lowest BCUT2D eigenvalue weighted by Gasteiger charge is -2.15. The van der Waals surface area contributed by atoms with E-state index in [0.29, 0.717) is 38.7 Å². The maximum absolute atomic E-state index is 13.0. The van der Waals surface area contributed by atoms with Gasteiger partial charge in [-0.3, -0.25) is 24.6 Å². The zero-order valence-corrected chi connectivity index (χ0v) is 22.6. The van der Waals surface area contributed by atoms with Crippen LogP contribution in [-0.4, -0.2) is 27.6 Å². The van der Waals surface area contributed by atoms with Gasteiger partial charge >= 0.3 is 0 Å². The number of amides is 2. The van der Waals surface area contributed by atoms with Gasteiger partial charge in [0.2, 0.25) is 0 Å². The summed E-state index contributed by atoms with van der Waals surface area (Å²) in [5, 5.41) is 11.0. The summed E-state index contributed by atoms with van der Waals surface area (Å²) >= 11 is 10.6. The third-order valence-electron chi connectivity index (χ3n) is 5.32. The molecular formula is C26H20BrClN2O6S. The number of imide groups is 1. The molecule has 4 rings (SSSR count).